The first-order chi connectivity index (χ1) is 9.15. The van der Waals surface area contributed by atoms with E-state index in [9.17, 15) is 0 Å². The molecule has 0 aromatic heterocycles. The van der Waals surface area contributed by atoms with E-state index in [0.717, 1.165) is 0 Å². The second kappa shape index (κ2) is 3.64. The molecule has 1 fully saturated rings. The summed E-state index contributed by atoms with van der Waals surface area (Å²) in [6.45, 7) is 4.49. The fourth-order valence-electron chi connectivity index (χ4n) is 3.96. The van der Waals surface area contributed by atoms with Crippen molar-refractivity contribution in [2.75, 3.05) is 0 Å². The molecule has 2 aromatic carbocycles. The fourth-order valence-corrected chi connectivity index (χ4v) is 4.38. The van der Waals surface area contributed by atoms with E-state index in [1.54, 1.807) is 0 Å². The lowest BCUT2D eigenvalue weighted by atomic mass is 9.86. The SMILES string of the molecule is CC(C)C1(Cl)C2c3ccccc3-c3ccccc3C21. The van der Waals surface area contributed by atoms with Gasteiger partial charge in [0.2, 0.25) is 0 Å². The summed E-state index contributed by atoms with van der Waals surface area (Å²) in [6, 6.07) is 17.5. The third-order valence-electron chi connectivity index (χ3n) is 4.94. The number of alkyl halides is 1. The molecule has 0 aliphatic heterocycles. The van der Waals surface area contributed by atoms with Crippen LogP contribution in [0.1, 0.15) is 36.8 Å². The maximum Gasteiger partial charge on any atom is 0.0619 e. The molecule has 0 radical (unpaired) electrons. The van der Waals surface area contributed by atoms with Crippen LogP contribution in [0.5, 0.6) is 0 Å². The number of halogens is 1. The van der Waals surface area contributed by atoms with Gasteiger partial charge >= 0.3 is 0 Å². The van der Waals surface area contributed by atoms with Crippen molar-refractivity contribution in [2.24, 2.45) is 5.92 Å². The van der Waals surface area contributed by atoms with Crippen molar-refractivity contribution >= 4 is 11.6 Å². The van der Waals surface area contributed by atoms with Crippen LogP contribution in [0.3, 0.4) is 0 Å². The largest absolute Gasteiger partial charge is 0.118 e. The lowest BCUT2D eigenvalue weighted by molar-refractivity contribution is 0.571. The van der Waals surface area contributed by atoms with E-state index in [1.165, 1.54) is 22.3 Å². The zero-order chi connectivity index (χ0) is 13.2. The van der Waals surface area contributed by atoms with E-state index < -0.39 is 0 Å². The standard InChI is InChI=1S/C18H17Cl/c1-11(2)18(19)16-14-9-5-3-7-12(14)13-8-4-6-10-15(13)17(16)18/h3-11,16-17H,1-2H3. The molecular formula is C18H17Cl. The van der Waals surface area contributed by atoms with Crippen LogP contribution in [-0.4, -0.2) is 4.87 Å². The highest BCUT2D eigenvalue weighted by Gasteiger charge is 2.68. The maximum atomic E-state index is 7.01. The Morgan fingerprint density at radius 2 is 1.26 bits per heavy atom. The van der Waals surface area contributed by atoms with Crippen molar-refractivity contribution in [1.82, 2.24) is 0 Å². The molecule has 0 N–H and O–H groups in total. The highest BCUT2D eigenvalue weighted by molar-refractivity contribution is 6.28. The first-order valence-electron chi connectivity index (χ1n) is 7.03. The van der Waals surface area contributed by atoms with Crippen molar-refractivity contribution < 1.29 is 0 Å². The molecule has 0 spiro atoms. The van der Waals surface area contributed by atoms with Crippen LogP contribution in [0.25, 0.3) is 11.1 Å². The molecule has 0 heterocycles. The summed E-state index contributed by atoms with van der Waals surface area (Å²) in [6.07, 6.45) is 0. The molecule has 0 bridgehead atoms. The summed E-state index contributed by atoms with van der Waals surface area (Å²) in [5, 5.41) is 0. The summed E-state index contributed by atoms with van der Waals surface area (Å²) in [4.78, 5) is -0.0945. The average Bonchev–Trinajstić information content (AvgIpc) is 3.08. The molecule has 2 aliphatic rings. The van der Waals surface area contributed by atoms with E-state index in [4.69, 9.17) is 11.6 Å². The number of hydrogen-bond donors (Lipinski definition) is 0. The first-order valence-corrected chi connectivity index (χ1v) is 7.40. The minimum atomic E-state index is -0.0945. The van der Waals surface area contributed by atoms with Gasteiger partial charge in [0, 0.05) is 11.8 Å². The molecule has 0 amide bonds. The third kappa shape index (κ3) is 1.31. The Morgan fingerprint density at radius 1 is 0.842 bits per heavy atom. The monoisotopic (exact) mass is 268 g/mol. The van der Waals surface area contributed by atoms with Gasteiger partial charge in [0.1, 0.15) is 0 Å². The predicted molar refractivity (Wildman–Crippen MR) is 80.8 cm³/mol. The van der Waals surface area contributed by atoms with Crippen molar-refractivity contribution in [1.29, 1.82) is 0 Å². The molecule has 1 heteroatoms. The van der Waals surface area contributed by atoms with Gasteiger partial charge in [-0.05, 0) is 28.2 Å². The Morgan fingerprint density at radius 3 is 1.68 bits per heavy atom. The normalized spacial score (nSPS) is 30.5. The quantitative estimate of drug-likeness (QED) is 0.625. The minimum absolute atomic E-state index is 0.0945. The van der Waals surface area contributed by atoms with Crippen LogP contribution < -0.4 is 0 Å². The Labute approximate surface area is 119 Å². The van der Waals surface area contributed by atoms with Gasteiger partial charge in [-0.3, -0.25) is 0 Å². The summed E-state index contributed by atoms with van der Waals surface area (Å²) >= 11 is 7.01. The van der Waals surface area contributed by atoms with Crippen molar-refractivity contribution in [3.05, 3.63) is 59.7 Å². The smallest absolute Gasteiger partial charge is 0.0619 e. The molecule has 2 aromatic rings. The van der Waals surface area contributed by atoms with Crippen LogP contribution >= 0.6 is 11.6 Å². The van der Waals surface area contributed by atoms with Crippen molar-refractivity contribution in [2.45, 2.75) is 30.6 Å². The van der Waals surface area contributed by atoms with Gasteiger partial charge in [0.05, 0.1) is 4.87 Å². The van der Waals surface area contributed by atoms with Crippen LogP contribution in [0.2, 0.25) is 0 Å². The maximum absolute atomic E-state index is 7.01. The Balaban J connectivity index is 2.01. The van der Waals surface area contributed by atoms with Crippen molar-refractivity contribution in [3.63, 3.8) is 0 Å². The fraction of sp³-hybridized carbons (Fsp3) is 0.333. The molecule has 2 atom stereocenters. The topological polar surface area (TPSA) is 0 Å². The molecule has 0 nitrogen and oxygen atoms in total. The number of hydrogen-bond acceptors (Lipinski definition) is 0. The van der Waals surface area contributed by atoms with Gasteiger partial charge in [-0.15, -0.1) is 11.6 Å². The lowest BCUT2D eigenvalue weighted by Gasteiger charge is -2.18. The molecule has 4 rings (SSSR count). The molecule has 2 aliphatic carbocycles. The molecular weight excluding hydrogens is 252 g/mol. The minimum Gasteiger partial charge on any atom is -0.118 e. The van der Waals surface area contributed by atoms with Gasteiger partial charge < -0.3 is 0 Å². The average molecular weight is 269 g/mol. The Kier molecular flexibility index (Phi) is 2.21. The van der Waals surface area contributed by atoms with Gasteiger partial charge in [0.15, 0.2) is 0 Å². The molecule has 96 valence electrons. The van der Waals surface area contributed by atoms with Crippen LogP contribution in [0.15, 0.2) is 48.5 Å². The van der Waals surface area contributed by atoms with Gasteiger partial charge in [-0.2, -0.15) is 0 Å². The van der Waals surface area contributed by atoms with E-state index in [0.29, 0.717) is 17.8 Å². The summed E-state index contributed by atoms with van der Waals surface area (Å²) < 4.78 is 0. The Hall–Kier alpha value is -1.27. The molecule has 0 saturated heterocycles. The van der Waals surface area contributed by atoms with Gasteiger partial charge in [-0.1, -0.05) is 62.4 Å². The van der Waals surface area contributed by atoms with Crippen LogP contribution in [0.4, 0.5) is 0 Å². The number of fused-ring (bicyclic) bond motifs is 6. The van der Waals surface area contributed by atoms with E-state index in [-0.39, 0.29) is 4.87 Å². The summed E-state index contributed by atoms with van der Waals surface area (Å²) in [5.74, 6) is 1.46. The van der Waals surface area contributed by atoms with Gasteiger partial charge in [0.25, 0.3) is 0 Å². The van der Waals surface area contributed by atoms with E-state index in [2.05, 4.69) is 62.4 Å². The Bertz CT molecular complexity index is 605. The van der Waals surface area contributed by atoms with E-state index >= 15 is 0 Å². The number of rotatable bonds is 1. The lowest BCUT2D eigenvalue weighted by Crippen LogP contribution is -2.12. The zero-order valence-electron chi connectivity index (χ0n) is 11.2. The molecule has 19 heavy (non-hydrogen) atoms. The number of benzene rings is 2. The summed E-state index contributed by atoms with van der Waals surface area (Å²) in [7, 11) is 0. The van der Waals surface area contributed by atoms with Crippen molar-refractivity contribution in [3.8, 4) is 11.1 Å². The highest BCUT2D eigenvalue weighted by atomic mass is 35.5. The zero-order valence-corrected chi connectivity index (χ0v) is 12.0. The molecule has 2 unspecified atom stereocenters. The molecule has 1 saturated carbocycles. The predicted octanol–water partition coefficient (Wildman–Crippen LogP) is 5.18. The first kappa shape index (κ1) is 11.5. The third-order valence-corrected chi connectivity index (χ3v) is 5.85. The van der Waals surface area contributed by atoms with Crippen LogP contribution in [-0.2, 0) is 0 Å². The summed E-state index contributed by atoms with van der Waals surface area (Å²) in [5.41, 5.74) is 5.63. The van der Waals surface area contributed by atoms with Crippen LogP contribution in [0, 0.1) is 5.92 Å². The second-order valence-electron chi connectivity index (χ2n) is 6.11. The second-order valence-corrected chi connectivity index (χ2v) is 6.77. The van der Waals surface area contributed by atoms with E-state index in [1.807, 2.05) is 0 Å². The van der Waals surface area contributed by atoms with Gasteiger partial charge in [-0.25, -0.2) is 0 Å². The highest BCUT2D eigenvalue weighted by Crippen LogP contribution is 2.74.